The van der Waals surface area contributed by atoms with Crippen molar-refractivity contribution in [1.29, 1.82) is 0 Å². The SMILES string of the molecule is O=POCOC(=O)C(O)[C]1CC1. The van der Waals surface area contributed by atoms with Crippen molar-refractivity contribution < 1.29 is 23.7 Å². The fourth-order valence-corrected chi connectivity index (χ4v) is 0.793. The number of carbonyl (C=O) groups excluding carboxylic acids is 1. The van der Waals surface area contributed by atoms with Crippen LogP contribution in [0.3, 0.4) is 0 Å². The molecular formula is C6H8O5P. The van der Waals surface area contributed by atoms with Gasteiger partial charge >= 0.3 is 14.7 Å². The van der Waals surface area contributed by atoms with Crippen LogP contribution in [0.1, 0.15) is 12.8 Å². The number of rotatable bonds is 5. The summed E-state index contributed by atoms with van der Waals surface area (Å²) in [4.78, 5) is 10.8. The third-order valence-electron chi connectivity index (χ3n) is 1.46. The highest BCUT2D eigenvalue weighted by atomic mass is 31.1. The zero-order valence-corrected chi connectivity index (χ0v) is 7.12. The molecule has 1 aliphatic carbocycles. The van der Waals surface area contributed by atoms with Gasteiger partial charge in [0.1, 0.15) is 0 Å². The second-order valence-electron chi connectivity index (χ2n) is 2.35. The predicted octanol–water partition coefficient (Wildman–Crippen LogP) is 0.440. The Morgan fingerprint density at radius 1 is 1.67 bits per heavy atom. The van der Waals surface area contributed by atoms with E-state index in [4.69, 9.17) is 5.11 Å². The van der Waals surface area contributed by atoms with Crippen molar-refractivity contribution >= 4 is 14.7 Å². The Morgan fingerprint density at radius 2 is 2.33 bits per heavy atom. The van der Waals surface area contributed by atoms with Gasteiger partial charge in [-0.05, 0) is 12.8 Å². The van der Waals surface area contributed by atoms with Crippen molar-refractivity contribution in [2.75, 3.05) is 6.79 Å². The van der Waals surface area contributed by atoms with Crippen LogP contribution in [-0.2, 0) is 18.6 Å². The maximum Gasteiger partial charge on any atom is 0.337 e. The van der Waals surface area contributed by atoms with Gasteiger partial charge < -0.3 is 9.84 Å². The summed E-state index contributed by atoms with van der Waals surface area (Å²) in [7, 11) is -0.545. The van der Waals surface area contributed by atoms with Gasteiger partial charge in [-0.3, -0.25) is 4.52 Å². The summed E-state index contributed by atoms with van der Waals surface area (Å²) in [6, 6.07) is 0. The van der Waals surface area contributed by atoms with Crippen LogP contribution in [0.25, 0.3) is 0 Å². The first-order valence-electron chi connectivity index (χ1n) is 3.39. The highest BCUT2D eigenvalue weighted by Gasteiger charge is 2.36. The molecule has 6 heteroatoms. The number of hydrogen-bond donors (Lipinski definition) is 1. The average Bonchev–Trinajstić information content (AvgIpc) is 2.86. The van der Waals surface area contributed by atoms with Crippen molar-refractivity contribution in [2.24, 2.45) is 0 Å². The summed E-state index contributed by atoms with van der Waals surface area (Å²) in [6.07, 6.45) is 0.422. The third-order valence-corrected chi connectivity index (χ3v) is 1.67. The van der Waals surface area contributed by atoms with Gasteiger partial charge in [0.2, 0.25) is 6.79 Å². The molecule has 0 spiro atoms. The highest BCUT2D eigenvalue weighted by molar-refractivity contribution is 7.17. The summed E-state index contributed by atoms with van der Waals surface area (Å²) in [5.74, 6) is 0.0332. The van der Waals surface area contributed by atoms with E-state index in [1.54, 1.807) is 0 Å². The lowest BCUT2D eigenvalue weighted by Crippen LogP contribution is -2.24. The van der Waals surface area contributed by atoms with Gasteiger partial charge in [-0.25, -0.2) is 9.36 Å². The number of hydrogen-bond acceptors (Lipinski definition) is 5. The molecule has 12 heavy (non-hydrogen) atoms. The summed E-state index contributed by atoms with van der Waals surface area (Å²) in [6.45, 7) is -0.395. The maximum atomic E-state index is 10.8. The average molecular weight is 191 g/mol. The second-order valence-corrected chi connectivity index (χ2v) is 2.75. The smallest absolute Gasteiger partial charge is 0.337 e. The molecule has 0 bridgehead atoms. The van der Waals surface area contributed by atoms with Crippen molar-refractivity contribution in [3.8, 4) is 0 Å². The number of aliphatic hydroxyl groups excluding tert-OH is 1. The zero-order chi connectivity index (χ0) is 8.97. The molecule has 0 aromatic carbocycles. The minimum Gasteiger partial charge on any atom is -0.436 e. The van der Waals surface area contributed by atoms with Crippen LogP contribution >= 0.6 is 8.69 Å². The number of carbonyl (C=O) groups is 1. The fourth-order valence-electron chi connectivity index (χ4n) is 0.697. The van der Waals surface area contributed by atoms with Crippen molar-refractivity contribution in [3.63, 3.8) is 0 Å². The van der Waals surface area contributed by atoms with Gasteiger partial charge in [0.25, 0.3) is 0 Å². The van der Waals surface area contributed by atoms with Crippen LogP contribution in [-0.4, -0.2) is 24.0 Å². The molecule has 0 amide bonds. The molecule has 0 aliphatic heterocycles. The molecule has 5 nitrogen and oxygen atoms in total. The first-order valence-corrected chi connectivity index (χ1v) is 4.12. The monoisotopic (exact) mass is 191 g/mol. The normalized spacial score (nSPS) is 19.1. The molecule has 67 valence electrons. The lowest BCUT2D eigenvalue weighted by Gasteiger charge is -2.06. The van der Waals surface area contributed by atoms with E-state index in [2.05, 4.69) is 9.26 Å². The molecule has 0 heterocycles. The molecular weight excluding hydrogens is 183 g/mol. The van der Waals surface area contributed by atoms with Crippen LogP contribution in [0, 0.1) is 5.92 Å². The van der Waals surface area contributed by atoms with Crippen LogP contribution in [0.2, 0.25) is 0 Å². The summed E-state index contributed by atoms with van der Waals surface area (Å²) < 4.78 is 18.3. The highest BCUT2D eigenvalue weighted by Crippen LogP contribution is 2.35. The molecule has 1 unspecified atom stereocenters. The van der Waals surface area contributed by atoms with Crippen LogP contribution in [0.15, 0.2) is 0 Å². The van der Waals surface area contributed by atoms with Crippen molar-refractivity contribution in [2.45, 2.75) is 18.9 Å². The van der Waals surface area contributed by atoms with Gasteiger partial charge in [0, 0.05) is 5.92 Å². The summed E-state index contributed by atoms with van der Waals surface area (Å²) >= 11 is 0. The predicted molar refractivity (Wildman–Crippen MR) is 38.1 cm³/mol. The Bertz CT molecular complexity index is 179. The number of esters is 1. The molecule has 1 aliphatic rings. The number of ether oxygens (including phenoxy) is 1. The topological polar surface area (TPSA) is 72.8 Å². The molecule has 0 saturated heterocycles. The first-order chi connectivity index (χ1) is 5.75. The Balaban J connectivity index is 2.13. The Kier molecular flexibility index (Phi) is 3.59. The second kappa shape index (κ2) is 4.50. The van der Waals surface area contributed by atoms with Crippen LogP contribution in [0.5, 0.6) is 0 Å². The van der Waals surface area contributed by atoms with Gasteiger partial charge in [0.05, 0.1) is 0 Å². The molecule has 1 saturated carbocycles. The van der Waals surface area contributed by atoms with E-state index < -0.39 is 27.6 Å². The minimum atomic E-state index is -1.13. The Morgan fingerprint density at radius 3 is 2.83 bits per heavy atom. The lowest BCUT2D eigenvalue weighted by atomic mass is 10.2. The largest absolute Gasteiger partial charge is 0.436 e. The maximum absolute atomic E-state index is 10.8. The molecule has 1 rings (SSSR count). The van der Waals surface area contributed by atoms with Crippen LogP contribution in [0.4, 0.5) is 0 Å². The molecule has 1 fully saturated rings. The number of aliphatic hydroxyl groups is 1. The van der Waals surface area contributed by atoms with E-state index in [9.17, 15) is 9.36 Å². The van der Waals surface area contributed by atoms with Gasteiger partial charge in [0.15, 0.2) is 6.10 Å². The molecule has 1 N–H and O–H groups in total. The zero-order valence-electron chi connectivity index (χ0n) is 6.23. The summed E-state index contributed by atoms with van der Waals surface area (Å²) in [5.41, 5.74) is 0. The quantitative estimate of drug-likeness (QED) is 0.295. The van der Waals surface area contributed by atoms with E-state index in [1.165, 1.54) is 0 Å². The van der Waals surface area contributed by atoms with Crippen LogP contribution < -0.4 is 0 Å². The molecule has 0 aromatic rings. The van der Waals surface area contributed by atoms with Crippen molar-refractivity contribution in [3.05, 3.63) is 5.92 Å². The van der Waals surface area contributed by atoms with Gasteiger partial charge in [-0.1, -0.05) is 0 Å². The molecule has 1 atom stereocenters. The summed E-state index contributed by atoms with van der Waals surface area (Å²) in [5, 5.41) is 9.11. The minimum absolute atomic E-state index is 0.395. The van der Waals surface area contributed by atoms with E-state index in [0.29, 0.717) is 0 Å². The van der Waals surface area contributed by atoms with Crippen molar-refractivity contribution in [1.82, 2.24) is 0 Å². The van der Waals surface area contributed by atoms with E-state index >= 15 is 0 Å². The van der Waals surface area contributed by atoms with E-state index in [1.807, 2.05) is 0 Å². The van der Waals surface area contributed by atoms with E-state index in [-0.39, 0.29) is 0 Å². The lowest BCUT2D eigenvalue weighted by molar-refractivity contribution is -0.158. The Labute approximate surface area is 70.9 Å². The Hall–Kier alpha value is -0.510. The molecule has 1 radical (unpaired) electrons. The first kappa shape index (κ1) is 9.58. The van der Waals surface area contributed by atoms with Gasteiger partial charge in [-0.15, -0.1) is 0 Å². The molecule has 0 aromatic heterocycles. The third kappa shape index (κ3) is 2.85. The fraction of sp³-hybridized carbons (Fsp3) is 0.667. The van der Waals surface area contributed by atoms with E-state index in [0.717, 1.165) is 18.8 Å². The standard InChI is InChI=1S/C6H8O5P/c7-5(4-1-2-4)6(8)10-3-11-12-9/h5,7H,1-3H2. The van der Waals surface area contributed by atoms with Gasteiger partial charge in [-0.2, -0.15) is 0 Å².